The summed E-state index contributed by atoms with van der Waals surface area (Å²) in [5.74, 6) is 0. The Kier molecular flexibility index (Phi) is 3.84. The third-order valence-electron chi connectivity index (χ3n) is 6.69. The molecule has 166 valence electrons. The monoisotopic (exact) mass is 470 g/mol. The summed E-state index contributed by atoms with van der Waals surface area (Å²) >= 11 is 1.66. The smallest absolute Gasteiger partial charge is 0.196 e. The lowest BCUT2D eigenvalue weighted by atomic mass is 10.1. The Hall–Kier alpha value is -4.36. The average Bonchev–Trinajstić information content (AvgIpc) is 3.57. The van der Waals surface area contributed by atoms with E-state index in [1.807, 2.05) is 30.5 Å². The highest BCUT2D eigenvalue weighted by atomic mass is 32.1. The van der Waals surface area contributed by atoms with Crippen molar-refractivity contribution in [3.8, 4) is 5.13 Å². The maximum Gasteiger partial charge on any atom is 0.196 e. The standard InChI is InChI=1S/C28H18N6S/c1-2-9-17(10-3-1)33-20-13-6-4-11-18(20)23-26(33)32-25-24-21(14-8-16-29-24)34(27(25)31-23)28-30-19-12-5-7-15-22(19)35-28/h1-2,4-9,11-16H,3,10H2. The second kappa shape index (κ2) is 7.07. The van der Waals surface area contributed by atoms with Crippen LogP contribution < -0.4 is 0 Å². The Morgan fingerprint density at radius 3 is 2.49 bits per heavy atom. The summed E-state index contributed by atoms with van der Waals surface area (Å²) in [6, 6.07) is 20.7. The van der Waals surface area contributed by atoms with Crippen LogP contribution in [0.5, 0.6) is 0 Å². The van der Waals surface area contributed by atoms with Gasteiger partial charge in [-0.25, -0.2) is 15.0 Å². The number of fused-ring (bicyclic) bond motifs is 7. The summed E-state index contributed by atoms with van der Waals surface area (Å²) in [7, 11) is 0. The van der Waals surface area contributed by atoms with Gasteiger partial charge in [-0.15, -0.1) is 0 Å². The minimum absolute atomic E-state index is 0.783. The summed E-state index contributed by atoms with van der Waals surface area (Å²) in [6.07, 6.45) is 10.3. The molecule has 5 aromatic heterocycles. The van der Waals surface area contributed by atoms with Gasteiger partial charge in [-0.1, -0.05) is 53.8 Å². The van der Waals surface area contributed by atoms with E-state index in [1.54, 1.807) is 11.3 Å². The fourth-order valence-electron chi connectivity index (χ4n) is 5.14. The Balaban J connectivity index is 1.54. The summed E-state index contributed by atoms with van der Waals surface area (Å²) in [5.41, 5.74) is 8.48. The molecule has 6 nitrogen and oxygen atoms in total. The van der Waals surface area contributed by atoms with Gasteiger partial charge in [0.05, 0.1) is 21.3 Å². The maximum atomic E-state index is 5.27. The molecular weight excluding hydrogens is 452 g/mol. The highest BCUT2D eigenvalue weighted by Crippen LogP contribution is 2.37. The van der Waals surface area contributed by atoms with Crippen LogP contribution in [0.1, 0.15) is 12.8 Å². The molecule has 0 saturated heterocycles. The van der Waals surface area contributed by atoms with Crippen molar-refractivity contribution in [1.29, 1.82) is 0 Å². The Labute approximate surface area is 203 Å². The Morgan fingerprint density at radius 2 is 1.57 bits per heavy atom. The topological polar surface area (TPSA) is 61.4 Å². The van der Waals surface area contributed by atoms with E-state index in [9.17, 15) is 0 Å². The number of para-hydroxylation sites is 2. The molecule has 8 rings (SSSR count). The predicted molar refractivity (Wildman–Crippen MR) is 143 cm³/mol. The summed E-state index contributed by atoms with van der Waals surface area (Å²) in [4.78, 5) is 20.2. The normalized spacial score (nSPS) is 14.1. The van der Waals surface area contributed by atoms with Gasteiger partial charge in [-0.3, -0.25) is 14.1 Å². The van der Waals surface area contributed by atoms with Crippen molar-refractivity contribution in [2.24, 2.45) is 0 Å². The van der Waals surface area contributed by atoms with E-state index in [2.05, 4.69) is 63.8 Å². The zero-order valence-electron chi connectivity index (χ0n) is 18.6. The molecule has 35 heavy (non-hydrogen) atoms. The average molecular weight is 471 g/mol. The first-order valence-electron chi connectivity index (χ1n) is 11.7. The molecule has 5 heterocycles. The highest BCUT2D eigenvalue weighted by Gasteiger charge is 2.23. The van der Waals surface area contributed by atoms with E-state index in [4.69, 9.17) is 19.9 Å². The number of aromatic nitrogens is 6. The highest BCUT2D eigenvalue weighted by molar-refractivity contribution is 7.20. The number of pyridine rings is 1. The zero-order chi connectivity index (χ0) is 22.9. The summed E-state index contributed by atoms with van der Waals surface area (Å²) in [5, 5.41) is 1.97. The van der Waals surface area contributed by atoms with Crippen LogP contribution in [0.15, 0.2) is 85.1 Å². The Morgan fingerprint density at radius 1 is 0.743 bits per heavy atom. The van der Waals surface area contributed by atoms with Gasteiger partial charge in [0, 0.05) is 17.3 Å². The first-order valence-corrected chi connectivity index (χ1v) is 12.5. The first-order chi connectivity index (χ1) is 17.4. The van der Waals surface area contributed by atoms with Crippen LogP contribution in [0.4, 0.5) is 0 Å². The fraction of sp³-hybridized carbons (Fsp3) is 0.0714. The molecule has 0 N–H and O–H groups in total. The fourth-order valence-corrected chi connectivity index (χ4v) is 6.12. The lowest BCUT2D eigenvalue weighted by Gasteiger charge is -2.12. The molecule has 0 radical (unpaired) electrons. The van der Waals surface area contributed by atoms with Crippen molar-refractivity contribution in [2.45, 2.75) is 12.8 Å². The largest absolute Gasteiger partial charge is 0.296 e. The molecule has 0 fully saturated rings. The van der Waals surface area contributed by atoms with Gasteiger partial charge in [-0.2, -0.15) is 0 Å². The molecule has 2 aromatic carbocycles. The minimum Gasteiger partial charge on any atom is -0.296 e. The van der Waals surface area contributed by atoms with Crippen LogP contribution in [0.2, 0.25) is 0 Å². The SMILES string of the molecule is C1=CCCC(n2c3ccccc3c3nc4c(nc32)c2ncccc2n4-c2nc3ccccc3s2)=C1. The molecule has 7 heteroatoms. The quantitative estimate of drug-likeness (QED) is 0.276. The molecule has 1 aliphatic carbocycles. The second-order valence-electron chi connectivity index (χ2n) is 8.72. The molecule has 0 aliphatic heterocycles. The maximum absolute atomic E-state index is 5.27. The summed E-state index contributed by atoms with van der Waals surface area (Å²) < 4.78 is 5.53. The number of allylic oxidation sites excluding steroid dienone is 4. The number of hydrogen-bond acceptors (Lipinski definition) is 5. The van der Waals surface area contributed by atoms with Crippen LogP contribution in [0.25, 0.3) is 65.3 Å². The van der Waals surface area contributed by atoms with E-state index >= 15 is 0 Å². The Bertz CT molecular complexity index is 1990. The van der Waals surface area contributed by atoms with Crippen LogP contribution in [0, 0.1) is 0 Å². The number of benzene rings is 2. The van der Waals surface area contributed by atoms with E-state index in [0.717, 1.165) is 72.5 Å². The molecule has 1 aliphatic rings. The van der Waals surface area contributed by atoms with Crippen molar-refractivity contribution in [3.63, 3.8) is 0 Å². The van der Waals surface area contributed by atoms with Crippen LogP contribution in [-0.4, -0.2) is 29.1 Å². The van der Waals surface area contributed by atoms with Gasteiger partial charge < -0.3 is 0 Å². The number of rotatable bonds is 2. The molecule has 0 bridgehead atoms. The van der Waals surface area contributed by atoms with E-state index < -0.39 is 0 Å². The predicted octanol–water partition coefficient (Wildman–Crippen LogP) is 6.88. The number of nitrogens with zero attached hydrogens (tertiary/aromatic N) is 6. The molecule has 0 spiro atoms. The van der Waals surface area contributed by atoms with Gasteiger partial charge in [-0.05, 0) is 49.2 Å². The molecule has 0 unspecified atom stereocenters. The molecule has 7 aromatic rings. The lowest BCUT2D eigenvalue weighted by molar-refractivity contribution is 0.972. The number of thiazole rings is 1. The van der Waals surface area contributed by atoms with E-state index in [-0.39, 0.29) is 0 Å². The van der Waals surface area contributed by atoms with Gasteiger partial charge in [0.15, 0.2) is 16.4 Å². The van der Waals surface area contributed by atoms with Gasteiger partial charge in [0.2, 0.25) is 0 Å². The summed E-state index contributed by atoms with van der Waals surface area (Å²) in [6.45, 7) is 0. The molecule has 0 saturated carbocycles. The molecular formula is C28H18N6S. The molecule has 0 atom stereocenters. The first kappa shape index (κ1) is 19.0. The minimum atomic E-state index is 0.783. The molecule has 0 amide bonds. The van der Waals surface area contributed by atoms with Crippen molar-refractivity contribution < 1.29 is 0 Å². The van der Waals surface area contributed by atoms with Crippen LogP contribution in [-0.2, 0) is 0 Å². The van der Waals surface area contributed by atoms with Gasteiger partial charge in [0.25, 0.3) is 0 Å². The van der Waals surface area contributed by atoms with Crippen molar-refractivity contribution in [2.75, 3.05) is 0 Å². The number of hydrogen-bond donors (Lipinski definition) is 0. The van der Waals surface area contributed by atoms with Crippen LogP contribution in [0.3, 0.4) is 0 Å². The van der Waals surface area contributed by atoms with Crippen molar-refractivity contribution in [3.05, 3.63) is 85.1 Å². The zero-order valence-corrected chi connectivity index (χ0v) is 19.4. The lowest BCUT2D eigenvalue weighted by Crippen LogP contribution is -2.01. The second-order valence-corrected chi connectivity index (χ2v) is 9.73. The van der Waals surface area contributed by atoms with Crippen molar-refractivity contribution in [1.82, 2.24) is 29.1 Å². The third kappa shape index (κ3) is 2.64. The third-order valence-corrected chi connectivity index (χ3v) is 7.71. The van der Waals surface area contributed by atoms with Gasteiger partial charge >= 0.3 is 0 Å². The van der Waals surface area contributed by atoms with E-state index in [1.165, 1.54) is 5.70 Å². The van der Waals surface area contributed by atoms with Gasteiger partial charge in [0.1, 0.15) is 16.6 Å². The van der Waals surface area contributed by atoms with Crippen LogP contribution >= 0.6 is 11.3 Å². The van der Waals surface area contributed by atoms with Crippen molar-refractivity contribution >= 4 is 71.5 Å². The van der Waals surface area contributed by atoms with E-state index in [0.29, 0.717) is 0 Å².